The Bertz CT molecular complexity index is 446. The Morgan fingerprint density at radius 1 is 1.39 bits per heavy atom. The fourth-order valence-electron chi connectivity index (χ4n) is 1.14. The topological polar surface area (TPSA) is 61.4 Å². The van der Waals surface area contributed by atoms with E-state index < -0.39 is 12.0 Å². The molecule has 1 rings (SSSR count). The number of carbonyl (C=O) groups excluding carboxylic acids is 1. The second kappa shape index (κ2) is 6.89. The lowest BCUT2D eigenvalue weighted by atomic mass is 10.2. The van der Waals surface area contributed by atoms with Crippen LogP contribution in [0.1, 0.15) is 17.3 Å². The van der Waals surface area contributed by atoms with Crippen molar-refractivity contribution in [2.45, 2.75) is 13.0 Å². The van der Waals surface area contributed by atoms with Crippen LogP contribution in [0.3, 0.4) is 0 Å². The van der Waals surface area contributed by atoms with Gasteiger partial charge in [-0.05, 0) is 37.3 Å². The van der Waals surface area contributed by atoms with Crippen LogP contribution < -0.4 is 10.6 Å². The number of halogens is 2. The van der Waals surface area contributed by atoms with E-state index in [0.717, 1.165) is 0 Å². The average molecular weight is 307 g/mol. The van der Waals surface area contributed by atoms with E-state index in [4.69, 9.17) is 40.5 Å². The molecule has 98 valence electrons. The second-order valence-corrected chi connectivity index (χ2v) is 4.95. The summed E-state index contributed by atoms with van der Waals surface area (Å²) in [4.78, 5) is 11.8. The number of aliphatic hydroxyl groups is 1. The molecule has 0 fully saturated rings. The van der Waals surface area contributed by atoms with Gasteiger partial charge in [0, 0.05) is 22.2 Å². The van der Waals surface area contributed by atoms with Crippen molar-refractivity contribution < 1.29 is 9.90 Å². The van der Waals surface area contributed by atoms with Crippen molar-refractivity contribution in [3.8, 4) is 0 Å². The van der Waals surface area contributed by atoms with Gasteiger partial charge in [0.15, 0.2) is 5.11 Å². The number of amides is 1. The van der Waals surface area contributed by atoms with Crippen LogP contribution in [-0.4, -0.2) is 28.8 Å². The van der Waals surface area contributed by atoms with Crippen LogP contribution in [0.2, 0.25) is 10.0 Å². The van der Waals surface area contributed by atoms with Gasteiger partial charge >= 0.3 is 0 Å². The lowest BCUT2D eigenvalue weighted by Crippen LogP contribution is -2.41. The molecular formula is C11H12Cl2N2O2S. The molecule has 0 aliphatic rings. The van der Waals surface area contributed by atoms with Crippen molar-refractivity contribution in [3.05, 3.63) is 33.8 Å². The molecule has 1 aromatic carbocycles. The van der Waals surface area contributed by atoms with Gasteiger partial charge < -0.3 is 10.4 Å². The summed E-state index contributed by atoms with van der Waals surface area (Å²) in [7, 11) is 0. The van der Waals surface area contributed by atoms with Gasteiger partial charge in [0.1, 0.15) is 0 Å². The highest BCUT2D eigenvalue weighted by atomic mass is 35.5. The van der Waals surface area contributed by atoms with Gasteiger partial charge in [-0.25, -0.2) is 0 Å². The van der Waals surface area contributed by atoms with Crippen molar-refractivity contribution in [1.82, 2.24) is 10.6 Å². The van der Waals surface area contributed by atoms with Crippen molar-refractivity contribution in [2.75, 3.05) is 6.54 Å². The molecule has 0 radical (unpaired) electrons. The first-order chi connectivity index (χ1) is 8.38. The summed E-state index contributed by atoms with van der Waals surface area (Å²) in [5.74, 6) is -0.414. The van der Waals surface area contributed by atoms with Crippen LogP contribution in [-0.2, 0) is 0 Å². The number of carbonyl (C=O) groups is 1. The summed E-state index contributed by atoms with van der Waals surface area (Å²) in [6, 6.07) is 4.50. The monoisotopic (exact) mass is 306 g/mol. The third-order valence-corrected chi connectivity index (χ3v) is 2.59. The first kappa shape index (κ1) is 15.2. The van der Waals surface area contributed by atoms with E-state index in [0.29, 0.717) is 15.6 Å². The summed E-state index contributed by atoms with van der Waals surface area (Å²) in [5, 5.41) is 15.1. The molecule has 0 saturated carbocycles. The number of rotatable bonds is 3. The van der Waals surface area contributed by atoms with Crippen molar-refractivity contribution in [2.24, 2.45) is 0 Å². The largest absolute Gasteiger partial charge is 0.392 e. The standard InChI is InChI=1S/C11H12Cl2N2O2S/c1-6(16)5-14-11(18)15-10(17)7-2-8(12)4-9(13)3-7/h2-4,6,16H,5H2,1H3,(H2,14,15,17,18). The predicted molar refractivity (Wildman–Crippen MR) is 76.2 cm³/mol. The van der Waals surface area contributed by atoms with E-state index >= 15 is 0 Å². The molecule has 1 amide bonds. The van der Waals surface area contributed by atoms with Crippen LogP contribution >= 0.6 is 35.4 Å². The zero-order valence-corrected chi connectivity index (χ0v) is 11.9. The van der Waals surface area contributed by atoms with Gasteiger partial charge in [0.05, 0.1) is 6.10 Å². The molecule has 18 heavy (non-hydrogen) atoms. The minimum absolute atomic E-state index is 0.136. The first-order valence-corrected chi connectivity index (χ1v) is 6.28. The molecule has 1 unspecified atom stereocenters. The van der Waals surface area contributed by atoms with Crippen LogP contribution in [0.25, 0.3) is 0 Å². The van der Waals surface area contributed by atoms with Crippen LogP contribution in [0.5, 0.6) is 0 Å². The molecule has 1 aromatic rings. The average Bonchev–Trinajstić information content (AvgIpc) is 2.25. The van der Waals surface area contributed by atoms with Crippen molar-refractivity contribution in [3.63, 3.8) is 0 Å². The lowest BCUT2D eigenvalue weighted by Gasteiger charge is -2.11. The number of hydrogen-bond donors (Lipinski definition) is 3. The van der Waals surface area contributed by atoms with Gasteiger partial charge in [-0.2, -0.15) is 0 Å². The predicted octanol–water partition coefficient (Wildman–Crippen LogP) is 1.98. The Balaban J connectivity index is 2.62. The Morgan fingerprint density at radius 2 is 1.94 bits per heavy atom. The SMILES string of the molecule is CC(O)CNC(=S)NC(=O)c1cc(Cl)cc(Cl)c1. The number of aliphatic hydroxyl groups excluding tert-OH is 1. The van der Waals surface area contributed by atoms with Gasteiger partial charge in [-0.15, -0.1) is 0 Å². The number of benzene rings is 1. The molecule has 0 saturated heterocycles. The van der Waals surface area contributed by atoms with Gasteiger partial charge in [-0.3, -0.25) is 10.1 Å². The van der Waals surface area contributed by atoms with Crippen LogP contribution in [0.4, 0.5) is 0 Å². The molecule has 0 heterocycles. The van der Waals surface area contributed by atoms with Gasteiger partial charge in [0.2, 0.25) is 0 Å². The van der Waals surface area contributed by atoms with E-state index in [1.54, 1.807) is 6.92 Å². The first-order valence-electron chi connectivity index (χ1n) is 5.12. The Hall–Kier alpha value is -0.880. The van der Waals surface area contributed by atoms with E-state index in [1.165, 1.54) is 18.2 Å². The normalized spacial score (nSPS) is 11.8. The highest BCUT2D eigenvalue weighted by molar-refractivity contribution is 7.80. The molecule has 1 atom stereocenters. The summed E-state index contributed by atoms with van der Waals surface area (Å²) < 4.78 is 0. The maximum absolute atomic E-state index is 11.8. The van der Waals surface area contributed by atoms with E-state index in [2.05, 4.69) is 10.6 Å². The number of nitrogens with one attached hydrogen (secondary N) is 2. The highest BCUT2D eigenvalue weighted by Crippen LogP contribution is 2.18. The molecular weight excluding hydrogens is 295 g/mol. The third kappa shape index (κ3) is 5.18. The molecule has 3 N–H and O–H groups in total. The zero-order chi connectivity index (χ0) is 13.7. The van der Waals surface area contributed by atoms with E-state index in [-0.39, 0.29) is 11.7 Å². The van der Waals surface area contributed by atoms with E-state index in [9.17, 15) is 4.79 Å². The summed E-state index contributed by atoms with van der Waals surface area (Å²) in [6.45, 7) is 1.86. The molecule has 0 aromatic heterocycles. The zero-order valence-electron chi connectivity index (χ0n) is 9.54. The van der Waals surface area contributed by atoms with Crippen LogP contribution in [0, 0.1) is 0 Å². The van der Waals surface area contributed by atoms with Crippen molar-refractivity contribution >= 4 is 46.4 Å². The molecule has 4 nitrogen and oxygen atoms in total. The molecule has 0 spiro atoms. The molecule has 0 aliphatic carbocycles. The quantitative estimate of drug-likeness (QED) is 0.747. The summed E-state index contributed by atoms with van der Waals surface area (Å²) in [6.07, 6.45) is -0.555. The maximum Gasteiger partial charge on any atom is 0.257 e. The summed E-state index contributed by atoms with van der Waals surface area (Å²) in [5.41, 5.74) is 0.314. The Kier molecular flexibility index (Phi) is 5.81. The Morgan fingerprint density at radius 3 is 2.44 bits per heavy atom. The van der Waals surface area contributed by atoms with Gasteiger partial charge in [0.25, 0.3) is 5.91 Å². The molecule has 0 bridgehead atoms. The minimum Gasteiger partial charge on any atom is -0.392 e. The minimum atomic E-state index is -0.555. The van der Waals surface area contributed by atoms with E-state index in [1.807, 2.05) is 0 Å². The van der Waals surface area contributed by atoms with Crippen LogP contribution in [0.15, 0.2) is 18.2 Å². The third-order valence-electron chi connectivity index (χ3n) is 1.91. The fraction of sp³-hybridized carbons (Fsp3) is 0.273. The summed E-state index contributed by atoms with van der Waals surface area (Å²) >= 11 is 16.5. The van der Waals surface area contributed by atoms with Crippen molar-refractivity contribution in [1.29, 1.82) is 0 Å². The smallest absolute Gasteiger partial charge is 0.257 e. The number of thiocarbonyl (C=S) groups is 1. The molecule has 0 aliphatic heterocycles. The second-order valence-electron chi connectivity index (χ2n) is 3.67. The fourth-order valence-corrected chi connectivity index (χ4v) is 1.85. The van der Waals surface area contributed by atoms with Gasteiger partial charge in [-0.1, -0.05) is 23.2 Å². The maximum atomic E-state index is 11.8. The lowest BCUT2D eigenvalue weighted by molar-refractivity contribution is 0.0976. The Labute approximate surface area is 120 Å². The highest BCUT2D eigenvalue weighted by Gasteiger charge is 2.09. The number of hydrogen-bond acceptors (Lipinski definition) is 3. The molecule has 7 heteroatoms.